The molecule has 3 aromatic rings. The number of imidazole rings is 1. The lowest BCUT2D eigenvalue weighted by Crippen LogP contribution is -2.09. The Morgan fingerprint density at radius 3 is 3.00 bits per heavy atom. The summed E-state index contributed by atoms with van der Waals surface area (Å²) >= 11 is 0. The third kappa shape index (κ3) is 1.46. The van der Waals surface area contributed by atoms with E-state index in [0.29, 0.717) is 11.0 Å². The monoisotopic (exact) mass is 228 g/mol. The molecule has 0 aliphatic heterocycles. The number of aromatic amines is 1. The number of fused-ring (bicyclic) bond motifs is 3. The SMILES string of the molecule is O=C(O)Nc1nc2ccccc2c2[nH]cnc12. The lowest BCUT2D eigenvalue weighted by Gasteiger charge is -2.04. The standard InChI is InChI=1S/C11H8N4O2/c16-11(17)15-10-9-8(12-5-13-9)6-3-1-2-4-7(6)14-10/h1-5H,(H,12,13)(H,14,15)(H,16,17). The average Bonchev–Trinajstić information content (AvgIpc) is 2.78. The lowest BCUT2D eigenvalue weighted by atomic mass is 10.2. The second kappa shape index (κ2) is 3.44. The number of carbonyl (C=O) groups is 1. The zero-order valence-corrected chi connectivity index (χ0v) is 8.64. The first-order valence-corrected chi connectivity index (χ1v) is 4.97. The average molecular weight is 228 g/mol. The summed E-state index contributed by atoms with van der Waals surface area (Å²) in [6.45, 7) is 0. The Hall–Kier alpha value is -2.63. The minimum absolute atomic E-state index is 0.243. The maximum absolute atomic E-state index is 10.7. The number of amides is 1. The van der Waals surface area contributed by atoms with Crippen LogP contribution in [0, 0.1) is 0 Å². The van der Waals surface area contributed by atoms with Gasteiger partial charge in [-0.1, -0.05) is 18.2 Å². The van der Waals surface area contributed by atoms with Crippen LogP contribution in [0.2, 0.25) is 0 Å². The van der Waals surface area contributed by atoms with Gasteiger partial charge in [0.25, 0.3) is 0 Å². The van der Waals surface area contributed by atoms with Gasteiger partial charge in [0, 0.05) is 5.39 Å². The van der Waals surface area contributed by atoms with Crippen LogP contribution in [0.25, 0.3) is 21.9 Å². The van der Waals surface area contributed by atoms with Crippen molar-refractivity contribution >= 4 is 33.8 Å². The van der Waals surface area contributed by atoms with Crippen molar-refractivity contribution in [3.8, 4) is 0 Å². The largest absolute Gasteiger partial charge is 0.465 e. The summed E-state index contributed by atoms with van der Waals surface area (Å²) in [5.74, 6) is 0.243. The smallest absolute Gasteiger partial charge is 0.410 e. The molecule has 0 unspecified atom stereocenters. The second-order valence-corrected chi connectivity index (χ2v) is 3.53. The van der Waals surface area contributed by atoms with Gasteiger partial charge in [-0.05, 0) is 6.07 Å². The first-order valence-electron chi connectivity index (χ1n) is 4.97. The molecular weight excluding hydrogens is 220 g/mol. The molecule has 6 heteroatoms. The van der Waals surface area contributed by atoms with E-state index in [1.807, 2.05) is 24.3 Å². The van der Waals surface area contributed by atoms with Gasteiger partial charge in [-0.25, -0.2) is 14.8 Å². The highest BCUT2D eigenvalue weighted by Gasteiger charge is 2.11. The summed E-state index contributed by atoms with van der Waals surface area (Å²) in [4.78, 5) is 22.0. The highest BCUT2D eigenvalue weighted by atomic mass is 16.4. The van der Waals surface area contributed by atoms with E-state index in [1.54, 1.807) is 0 Å². The molecule has 1 amide bonds. The quantitative estimate of drug-likeness (QED) is 0.595. The maximum atomic E-state index is 10.7. The Morgan fingerprint density at radius 2 is 2.18 bits per heavy atom. The first-order chi connectivity index (χ1) is 8.25. The predicted molar refractivity (Wildman–Crippen MR) is 63.0 cm³/mol. The molecule has 0 atom stereocenters. The number of hydrogen-bond acceptors (Lipinski definition) is 3. The molecule has 0 aliphatic carbocycles. The van der Waals surface area contributed by atoms with E-state index in [0.717, 1.165) is 10.9 Å². The van der Waals surface area contributed by atoms with Crippen molar-refractivity contribution in [1.82, 2.24) is 15.0 Å². The molecule has 0 fully saturated rings. The van der Waals surface area contributed by atoms with Gasteiger partial charge in [0.2, 0.25) is 0 Å². The maximum Gasteiger partial charge on any atom is 0.410 e. The van der Waals surface area contributed by atoms with Crippen molar-refractivity contribution < 1.29 is 9.90 Å². The summed E-state index contributed by atoms with van der Waals surface area (Å²) in [7, 11) is 0. The van der Waals surface area contributed by atoms with Crippen LogP contribution in [0.4, 0.5) is 10.6 Å². The molecule has 2 heterocycles. The van der Waals surface area contributed by atoms with Crippen LogP contribution in [-0.2, 0) is 0 Å². The van der Waals surface area contributed by atoms with Crippen molar-refractivity contribution in [1.29, 1.82) is 0 Å². The van der Waals surface area contributed by atoms with Crippen LogP contribution < -0.4 is 5.32 Å². The number of para-hydroxylation sites is 1. The molecule has 3 rings (SSSR count). The summed E-state index contributed by atoms with van der Waals surface area (Å²) < 4.78 is 0. The van der Waals surface area contributed by atoms with Crippen LogP contribution in [0.5, 0.6) is 0 Å². The van der Waals surface area contributed by atoms with Crippen molar-refractivity contribution in [2.75, 3.05) is 5.32 Å². The number of benzene rings is 1. The van der Waals surface area contributed by atoms with Crippen molar-refractivity contribution in [2.45, 2.75) is 0 Å². The fourth-order valence-corrected chi connectivity index (χ4v) is 1.82. The Balaban J connectivity index is 2.39. The number of nitrogens with one attached hydrogen (secondary N) is 2. The number of H-pyrrole nitrogens is 1. The fraction of sp³-hybridized carbons (Fsp3) is 0. The zero-order chi connectivity index (χ0) is 11.8. The highest BCUT2D eigenvalue weighted by molar-refractivity contribution is 6.08. The van der Waals surface area contributed by atoms with E-state index in [9.17, 15) is 4.79 Å². The number of rotatable bonds is 1. The fourth-order valence-electron chi connectivity index (χ4n) is 1.82. The molecule has 2 aromatic heterocycles. The Kier molecular flexibility index (Phi) is 1.94. The predicted octanol–water partition coefficient (Wildman–Crippen LogP) is 2.20. The van der Waals surface area contributed by atoms with E-state index in [2.05, 4.69) is 20.3 Å². The summed E-state index contributed by atoms with van der Waals surface area (Å²) in [6, 6.07) is 7.48. The highest BCUT2D eigenvalue weighted by Crippen LogP contribution is 2.26. The molecule has 3 N–H and O–H groups in total. The van der Waals surface area contributed by atoms with Gasteiger partial charge < -0.3 is 10.1 Å². The van der Waals surface area contributed by atoms with Crippen LogP contribution in [0.1, 0.15) is 0 Å². The van der Waals surface area contributed by atoms with Crippen LogP contribution in [0.3, 0.4) is 0 Å². The molecule has 0 radical (unpaired) electrons. The normalized spacial score (nSPS) is 10.8. The van der Waals surface area contributed by atoms with Crippen LogP contribution >= 0.6 is 0 Å². The molecule has 84 valence electrons. The van der Waals surface area contributed by atoms with E-state index in [-0.39, 0.29) is 5.82 Å². The summed E-state index contributed by atoms with van der Waals surface area (Å²) in [5, 5.41) is 11.9. The van der Waals surface area contributed by atoms with Crippen LogP contribution in [0.15, 0.2) is 30.6 Å². The van der Waals surface area contributed by atoms with Gasteiger partial charge in [0.1, 0.15) is 5.52 Å². The van der Waals surface area contributed by atoms with Crippen molar-refractivity contribution in [3.05, 3.63) is 30.6 Å². The minimum Gasteiger partial charge on any atom is -0.465 e. The Morgan fingerprint density at radius 1 is 1.35 bits per heavy atom. The Labute approximate surface area is 95.3 Å². The number of carboxylic acid groups (broad SMARTS) is 1. The van der Waals surface area contributed by atoms with Gasteiger partial charge >= 0.3 is 6.09 Å². The third-order valence-corrected chi connectivity index (χ3v) is 2.49. The summed E-state index contributed by atoms with van der Waals surface area (Å²) in [6.07, 6.45) is 0.364. The zero-order valence-electron chi connectivity index (χ0n) is 8.64. The number of aromatic nitrogens is 3. The molecule has 0 saturated heterocycles. The molecule has 0 saturated carbocycles. The first kappa shape index (κ1) is 9.59. The number of pyridine rings is 1. The van der Waals surface area contributed by atoms with Gasteiger partial charge in [0.15, 0.2) is 5.82 Å². The minimum atomic E-state index is -1.16. The number of hydrogen-bond donors (Lipinski definition) is 3. The van der Waals surface area contributed by atoms with Crippen molar-refractivity contribution in [3.63, 3.8) is 0 Å². The van der Waals surface area contributed by atoms with Gasteiger partial charge in [-0.15, -0.1) is 0 Å². The van der Waals surface area contributed by atoms with E-state index in [1.165, 1.54) is 6.33 Å². The van der Waals surface area contributed by atoms with E-state index >= 15 is 0 Å². The second-order valence-electron chi connectivity index (χ2n) is 3.53. The van der Waals surface area contributed by atoms with Gasteiger partial charge in [-0.2, -0.15) is 0 Å². The molecule has 0 spiro atoms. The molecule has 0 bridgehead atoms. The van der Waals surface area contributed by atoms with Gasteiger partial charge in [-0.3, -0.25) is 5.32 Å². The van der Waals surface area contributed by atoms with E-state index in [4.69, 9.17) is 5.11 Å². The van der Waals surface area contributed by atoms with Crippen molar-refractivity contribution in [2.24, 2.45) is 0 Å². The number of anilines is 1. The topological polar surface area (TPSA) is 90.9 Å². The molecule has 17 heavy (non-hydrogen) atoms. The molecule has 0 aliphatic rings. The lowest BCUT2D eigenvalue weighted by molar-refractivity contribution is 0.209. The molecular formula is C11H8N4O2. The van der Waals surface area contributed by atoms with Crippen LogP contribution in [-0.4, -0.2) is 26.2 Å². The third-order valence-electron chi connectivity index (χ3n) is 2.49. The number of nitrogens with zero attached hydrogens (tertiary/aromatic N) is 2. The molecule has 6 nitrogen and oxygen atoms in total. The van der Waals surface area contributed by atoms with Gasteiger partial charge in [0.05, 0.1) is 17.4 Å². The Bertz CT molecular complexity index is 720. The molecule has 1 aromatic carbocycles. The summed E-state index contributed by atoms with van der Waals surface area (Å²) in [5.41, 5.74) is 2.01. The van der Waals surface area contributed by atoms with E-state index < -0.39 is 6.09 Å².